The van der Waals surface area contributed by atoms with Crippen LogP contribution in [0.4, 0.5) is 0 Å². The van der Waals surface area contributed by atoms with Crippen molar-refractivity contribution in [2.75, 3.05) is 0 Å². The van der Waals surface area contributed by atoms with Crippen LogP contribution in [0.15, 0.2) is 42.5 Å². The van der Waals surface area contributed by atoms with Gasteiger partial charge in [-0.2, -0.15) is 0 Å². The number of aromatic carboxylic acids is 1. The first-order chi connectivity index (χ1) is 17.4. The number of hydrogen-bond acceptors (Lipinski definition) is 7. The van der Waals surface area contributed by atoms with E-state index in [1.807, 2.05) is 0 Å². The highest BCUT2D eigenvalue weighted by atomic mass is 31.2. The monoisotopic (exact) mass is 531 g/mol. The largest absolute Gasteiger partial charge is 0.547 e. The van der Waals surface area contributed by atoms with Gasteiger partial charge in [-0.25, -0.2) is 4.79 Å². The van der Waals surface area contributed by atoms with E-state index in [0.29, 0.717) is 5.56 Å². The molecule has 2 aromatic rings. The Labute approximate surface area is 210 Å². The average Bonchev–Trinajstić information content (AvgIpc) is 3.28. The van der Waals surface area contributed by atoms with E-state index < -0.39 is 50.5 Å². The first-order valence-corrected chi connectivity index (χ1v) is 12.8. The van der Waals surface area contributed by atoms with Crippen molar-refractivity contribution in [2.45, 2.75) is 37.3 Å². The van der Waals surface area contributed by atoms with Crippen LogP contribution in [-0.4, -0.2) is 62.7 Å². The van der Waals surface area contributed by atoms with E-state index in [9.17, 15) is 43.7 Å². The minimum absolute atomic E-state index is 0.0112. The van der Waals surface area contributed by atoms with E-state index >= 15 is 0 Å². The minimum atomic E-state index is -4.55. The second-order valence-electron chi connectivity index (χ2n) is 8.66. The van der Waals surface area contributed by atoms with Gasteiger partial charge in [-0.15, -0.1) is 0 Å². The molecule has 15 heteroatoms. The Kier molecular flexibility index (Phi) is 7.37. The summed E-state index contributed by atoms with van der Waals surface area (Å²) in [6.07, 6.45) is 0.406. The lowest BCUT2D eigenvalue weighted by atomic mass is 9.72. The molecule has 0 radical (unpaired) electrons. The molecule has 3 atom stereocenters. The topological polar surface area (TPSA) is 212 Å². The van der Waals surface area contributed by atoms with E-state index in [4.69, 9.17) is 4.65 Å². The second kappa shape index (κ2) is 10.3. The Morgan fingerprint density at radius 1 is 1.14 bits per heavy atom. The molecule has 2 aromatic carbocycles. The summed E-state index contributed by atoms with van der Waals surface area (Å²) >= 11 is 0. The third-order valence-electron chi connectivity index (χ3n) is 6.10. The fourth-order valence-corrected chi connectivity index (χ4v) is 4.73. The molecule has 13 nitrogen and oxygen atoms in total. The van der Waals surface area contributed by atoms with Crippen LogP contribution in [0, 0.1) is 0 Å². The number of para-hydroxylation sites is 1. The highest BCUT2D eigenvalue weighted by molar-refractivity contribution is 7.60. The van der Waals surface area contributed by atoms with Crippen LogP contribution in [0.25, 0.3) is 0 Å². The van der Waals surface area contributed by atoms with Crippen molar-refractivity contribution in [3.05, 3.63) is 59.2 Å². The molecule has 3 amide bonds. The SMILES string of the molecule is O=C1CCC(C(=O)NC(C(=O)N[C@H]2Cc3cccc(C(=O)O)c3OB2O)c2ccc(P(=O)(O)O)cc2)N1. The third kappa shape index (κ3) is 5.83. The molecular formula is C22H23BN3O10P. The van der Waals surface area contributed by atoms with Crippen molar-refractivity contribution in [1.29, 1.82) is 0 Å². The fourth-order valence-electron chi connectivity index (χ4n) is 4.20. The smallest absolute Gasteiger partial charge is 0.534 e. The van der Waals surface area contributed by atoms with Gasteiger partial charge in [0.05, 0.1) is 16.8 Å². The average molecular weight is 531 g/mol. The number of amides is 3. The summed E-state index contributed by atoms with van der Waals surface area (Å²) in [4.78, 5) is 67.8. The predicted octanol–water partition coefficient (Wildman–Crippen LogP) is -1.24. The summed E-state index contributed by atoms with van der Waals surface area (Å²) in [6.45, 7) is 0. The van der Waals surface area contributed by atoms with Crippen molar-refractivity contribution in [3.8, 4) is 5.75 Å². The molecule has 37 heavy (non-hydrogen) atoms. The van der Waals surface area contributed by atoms with E-state index in [0.717, 1.165) is 12.1 Å². The number of carboxylic acid groups (broad SMARTS) is 1. The van der Waals surface area contributed by atoms with Crippen LogP contribution >= 0.6 is 7.60 Å². The van der Waals surface area contributed by atoms with Crippen molar-refractivity contribution < 1.29 is 48.3 Å². The van der Waals surface area contributed by atoms with Gasteiger partial charge in [0.15, 0.2) is 0 Å². The molecule has 0 bridgehead atoms. The van der Waals surface area contributed by atoms with Crippen LogP contribution in [0.2, 0.25) is 0 Å². The number of carboxylic acids is 1. The van der Waals surface area contributed by atoms with E-state index in [2.05, 4.69) is 16.0 Å². The molecule has 194 valence electrons. The molecule has 0 aromatic heterocycles. The highest BCUT2D eigenvalue weighted by Gasteiger charge is 2.40. The van der Waals surface area contributed by atoms with Crippen molar-refractivity contribution in [2.24, 2.45) is 0 Å². The maximum absolute atomic E-state index is 13.3. The normalized spacial score (nSPS) is 19.8. The van der Waals surface area contributed by atoms with E-state index in [1.165, 1.54) is 24.3 Å². The van der Waals surface area contributed by atoms with Crippen LogP contribution in [0.3, 0.4) is 0 Å². The predicted molar refractivity (Wildman–Crippen MR) is 128 cm³/mol. The van der Waals surface area contributed by atoms with Crippen molar-refractivity contribution >= 4 is 43.7 Å². The second-order valence-corrected chi connectivity index (χ2v) is 10.3. The van der Waals surface area contributed by atoms with Gasteiger partial charge in [-0.1, -0.05) is 24.3 Å². The molecule has 2 aliphatic heterocycles. The zero-order valence-electron chi connectivity index (χ0n) is 19.2. The number of hydrogen-bond donors (Lipinski definition) is 7. The number of rotatable bonds is 7. The molecule has 0 saturated carbocycles. The fraction of sp³-hybridized carbons (Fsp3) is 0.273. The van der Waals surface area contributed by atoms with Gasteiger partial charge in [0.2, 0.25) is 17.7 Å². The van der Waals surface area contributed by atoms with Gasteiger partial charge in [-0.05, 0) is 42.2 Å². The van der Waals surface area contributed by atoms with Gasteiger partial charge in [-0.3, -0.25) is 18.9 Å². The number of benzene rings is 2. The number of carbonyl (C=O) groups is 4. The van der Waals surface area contributed by atoms with Crippen molar-refractivity contribution in [3.63, 3.8) is 0 Å². The summed E-state index contributed by atoms with van der Waals surface area (Å²) in [6, 6.07) is 7.00. The van der Waals surface area contributed by atoms with Crippen LogP contribution in [0.1, 0.15) is 40.4 Å². The molecule has 0 aliphatic carbocycles. The summed E-state index contributed by atoms with van der Waals surface area (Å²) in [5, 5.41) is 27.2. The first kappa shape index (κ1) is 26.4. The van der Waals surface area contributed by atoms with Gasteiger partial charge in [0.25, 0.3) is 0 Å². The first-order valence-electron chi connectivity index (χ1n) is 11.2. The Balaban J connectivity index is 1.57. The zero-order valence-corrected chi connectivity index (χ0v) is 20.1. The van der Waals surface area contributed by atoms with Crippen LogP contribution in [-0.2, 0) is 25.4 Å². The molecule has 0 spiro atoms. The Morgan fingerprint density at radius 2 is 1.84 bits per heavy atom. The number of carbonyl (C=O) groups excluding carboxylic acids is 3. The standard InChI is InChI=1S/C22H23BN3O10P/c27-17-9-8-15(24-17)20(28)26-18(11-4-6-13(7-5-11)37(33,34)35)21(29)25-16-10-12-2-1-3-14(22(30)31)19(12)36-23(16)32/h1-7,15-16,18,32H,8-10H2,(H,24,27)(H,25,29)(H,26,28)(H,30,31)(H2,33,34,35)/t15?,16-,18?/m0/s1. The third-order valence-corrected chi connectivity index (χ3v) is 7.07. The maximum Gasteiger partial charge on any atom is 0.547 e. The molecule has 2 aliphatic rings. The number of fused-ring (bicyclic) bond motifs is 1. The summed E-state index contributed by atoms with van der Waals surface area (Å²) in [7, 11) is -6.15. The lowest BCUT2D eigenvalue weighted by molar-refractivity contribution is -0.130. The number of nitrogens with one attached hydrogen (secondary N) is 3. The van der Waals surface area contributed by atoms with E-state index in [1.54, 1.807) is 6.07 Å². The molecule has 1 saturated heterocycles. The minimum Gasteiger partial charge on any atom is -0.534 e. The Morgan fingerprint density at radius 3 is 2.43 bits per heavy atom. The maximum atomic E-state index is 13.3. The van der Waals surface area contributed by atoms with Gasteiger partial charge < -0.3 is 40.5 Å². The quantitative estimate of drug-likeness (QED) is 0.167. The Hall–Kier alpha value is -3.71. The van der Waals surface area contributed by atoms with E-state index in [-0.39, 0.29) is 47.4 Å². The van der Waals surface area contributed by atoms with Crippen LogP contribution < -0.4 is 25.9 Å². The lowest BCUT2D eigenvalue weighted by Crippen LogP contribution is -2.56. The molecule has 1 fully saturated rings. The summed E-state index contributed by atoms with van der Waals surface area (Å²) < 4.78 is 16.9. The molecule has 2 heterocycles. The Bertz CT molecular complexity index is 1300. The highest BCUT2D eigenvalue weighted by Crippen LogP contribution is 2.33. The summed E-state index contributed by atoms with van der Waals surface area (Å²) in [5.74, 6) is -3.98. The molecule has 4 rings (SSSR count). The van der Waals surface area contributed by atoms with Gasteiger partial charge >= 0.3 is 20.7 Å². The summed E-state index contributed by atoms with van der Waals surface area (Å²) in [5.41, 5.74) is 0.484. The van der Waals surface area contributed by atoms with Gasteiger partial charge in [0, 0.05) is 6.42 Å². The van der Waals surface area contributed by atoms with Crippen molar-refractivity contribution in [1.82, 2.24) is 16.0 Å². The van der Waals surface area contributed by atoms with Gasteiger partial charge in [0.1, 0.15) is 17.8 Å². The van der Waals surface area contributed by atoms with Crippen LogP contribution in [0.5, 0.6) is 5.75 Å². The zero-order chi connectivity index (χ0) is 26.9. The molecular weight excluding hydrogens is 508 g/mol. The molecule has 7 N–H and O–H groups in total. The molecule has 2 unspecified atom stereocenters. The lowest BCUT2D eigenvalue weighted by Gasteiger charge is -2.30.